The van der Waals surface area contributed by atoms with Crippen LogP contribution in [0.15, 0.2) is 24.5 Å². The van der Waals surface area contributed by atoms with Gasteiger partial charge in [-0.1, -0.05) is 0 Å². The zero-order valence-electron chi connectivity index (χ0n) is 14.1. The standard InChI is InChI=1S/C17H24N4O2/c1-11-8-21(9-12(2)23-11)16-6-17(22-4)15(18)5-14(16)13-7-19-20(3)10-13/h5-7,10-12H,8-9,18H2,1-4H3. The maximum atomic E-state index is 6.13. The van der Waals surface area contributed by atoms with Gasteiger partial charge < -0.3 is 20.1 Å². The van der Waals surface area contributed by atoms with Crippen molar-refractivity contribution in [3.8, 4) is 16.9 Å². The smallest absolute Gasteiger partial charge is 0.143 e. The average molecular weight is 316 g/mol. The molecule has 2 N–H and O–H groups in total. The van der Waals surface area contributed by atoms with Gasteiger partial charge in [-0.05, 0) is 19.9 Å². The van der Waals surface area contributed by atoms with Gasteiger partial charge >= 0.3 is 0 Å². The van der Waals surface area contributed by atoms with Gasteiger partial charge in [-0.25, -0.2) is 0 Å². The topological polar surface area (TPSA) is 65.5 Å². The predicted molar refractivity (Wildman–Crippen MR) is 91.8 cm³/mol. The van der Waals surface area contributed by atoms with Crippen LogP contribution in [0.1, 0.15) is 13.8 Å². The number of ether oxygens (including phenoxy) is 2. The third-order valence-corrected chi connectivity index (χ3v) is 4.12. The second kappa shape index (κ2) is 6.12. The van der Waals surface area contributed by atoms with Gasteiger partial charge in [-0.3, -0.25) is 4.68 Å². The molecule has 1 aliphatic heterocycles. The molecule has 124 valence electrons. The van der Waals surface area contributed by atoms with Gasteiger partial charge in [-0.15, -0.1) is 0 Å². The summed E-state index contributed by atoms with van der Waals surface area (Å²) in [4.78, 5) is 2.34. The minimum atomic E-state index is 0.184. The molecular weight excluding hydrogens is 292 g/mol. The molecule has 0 saturated carbocycles. The summed E-state index contributed by atoms with van der Waals surface area (Å²) in [6.45, 7) is 5.87. The molecule has 0 aliphatic carbocycles. The van der Waals surface area contributed by atoms with Crippen molar-refractivity contribution < 1.29 is 9.47 Å². The molecule has 23 heavy (non-hydrogen) atoms. The summed E-state index contributed by atoms with van der Waals surface area (Å²) < 4.78 is 13.1. The van der Waals surface area contributed by atoms with Crippen LogP contribution in [0.2, 0.25) is 0 Å². The highest BCUT2D eigenvalue weighted by atomic mass is 16.5. The predicted octanol–water partition coefficient (Wildman–Crippen LogP) is 2.29. The van der Waals surface area contributed by atoms with Crippen LogP contribution >= 0.6 is 0 Å². The van der Waals surface area contributed by atoms with E-state index in [0.717, 1.165) is 29.9 Å². The second-order valence-corrected chi connectivity index (χ2v) is 6.18. The Morgan fingerprint density at radius 2 is 1.96 bits per heavy atom. The summed E-state index contributed by atoms with van der Waals surface area (Å²) in [5.74, 6) is 0.694. The first-order chi connectivity index (χ1) is 11.0. The zero-order valence-corrected chi connectivity index (χ0v) is 14.1. The maximum Gasteiger partial charge on any atom is 0.143 e. The molecule has 0 amide bonds. The first-order valence-corrected chi connectivity index (χ1v) is 7.85. The molecule has 0 radical (unpaired) electrons. The number of morpholine rings is 1. The van der Waals surface area contributed by atoms with Crippen LogP contribution in [0.3, 0.4) is 0 Å². The number of anilines is 2. The van der Waals surface area contributed by atoms with Gasteiger partial charge in [0.2, 0.25) is 0 Å². The molecule has 2 atom stereocenters. The van der Waals surface area contributed by atoms with Gasteiger partial charge in [0, 0.05) is 49.2 Å². The van der Waals surface area contributed by atoms with E-state index in [4.69, 9.17) is 15.2 Å². The highest BCUT2D eigenvalue weighted by Gasteiger charge is 2.25. The monoisotopic (exact) mass is 316 g/mol. The Labute approximate surface area is 136 Å². The third-order valence-electron chi connectivity index (χ3n) is 4.12. The molecule has 6 heteroatoms. The lowest BCUT2D eigenvalue weighted by Gasteiger charge is -2.38. The summed E-state index contributed by atoms with van der Waals surface area (Å²) in [6, 6.07) is 3.98. The third kappa shape index (κ3) is 3.12. The Morgan fingerprint density at radius 3 is 2.52 bits per heavy atom. The molecule has 2 heterocycles. The molecule has 1 fully saturated rings. The lowest BCUT2D eigenvalue weighted by Crippen LogP contribution is -2.45. The van der Waals surface area contributed by atoms with Crippen molar-refractivity contribution in [2.75, 3.05) is 30.8 Å². The van der Waals surface area contributed by atoms with Crippen LogP contribution in [0.4, 0.5) is 11.4 Å². The lowest BCUT2D eigenvalue weighted by atomic mass is 10.0. The molecule has 1 aliphatic rings. The van der Waals surface area contributed by atoms with Gasteiger partial charge in [0.1, 0.15) is 5.75 Å². The number of aryl methyl sites for hydroxylation is 1. The summed E-state index contributed by atoms with van der Waals surface area (Å²) >= 11 is 0. The van der Waals surface area contributed by atoms with E-state index >= 15 is 0 Å². The van der Waals surface area contributed by atoms with Crippen molar-refractivity contribution in [1.29, 1.82) is 0 Å². The van der Waals surface area contributed by atoms with Crippen molar-refractivity contribution in [2.45, 2.75) is 26.1 Å². The Kier molecular flexibility index (Phi) is 4.17. The summed E-state index contributed by atoms with van der Waals surface area (Å²) in [7, 11) is 3.55. The Balaban J connectivity index is 2.09. The summed E-state index contributed by atoms with van der Waals surface area (Å²) in [6.07, 6.45) is 4.23. The van der Waals surface area contributed by atoms with Crippen LogP contribution in [0.25, 0.3) is 11.1 Å². The number of rotatable bonds is 3. The molecular formula is C17H24N4O2. The molecule has 3 rings (SSSR count). The van der Waals surface area contributed by atoms with Crippen molar-refractivity contribution in [2.24, 2.45) is 7.05 Å². The lowest BCUT2D eigenvalue weighted by molar-refractivity contribution is -0.00519. The van der Waals surface area contributed by atoms with Crippen LogP contribution in [0.5, 0.6) is 5.75 Å². The van der Waals surface area contributed by atoms with E-state index in [-0.39, 0.29) is 12.2 Å². The Hall–Kier alpha value is -2.21. The van der Waals surface area contributed by atoms with Gasteiger partial charge in [0.05, 0.1) is 31.2 Å². The average Bonchev–Trinajstić information content (AvgIpc) is 2.92. The highest BCUT2D eigenvalue weighted by molar-refractivity contribution is 5.83. The molecule has 2 aromatic rings. The number of hydrogen-bond acceptors (Lipinski definition) is 5. The number of nitrogens with two attached hydrogens (primary N) is 1. The molecule has 2 unspecified atom stereocenters. The largest absolute Gasteiger partial charge is 0.495 e. The van der Waals surface area contributed by atoms with Crippen LogP contribution in [-0.2, 0) is 11.8 Å². The maximum absolute atomic E-state index is 6.13. The normalized spacial score (nSPS) is 21.5. The molecule has 6 nitrogen and oxygen atoms in total. The van der Waals surface area contributed by atoms with Crippen LogP contribution in [-0.4, -0.2) is 42.2 Å². The number of methoxy groups -OCH3 is 1. The van der Waals surface area contributed by atoms with E-state index in [1.165, 1.54) is 0 Å². The fourth-order valence-corrected chi connectivity index (χ4v) is 3.19. The van der Waals surface area contributed by atoms with Gasteiger partial charge in [0.15, 0.2) is 0 Å². The Bertz CT molecular complexity index is 688. The van der Waals surface area contributed by atoms with Crippen molar-refractivity contribution in [1.82, 2.24) is 9.78 Å². The van der Waals surface area contributed by atoms with Gasteiger partial charge in [-0.2, -0.15) is 5.10 Å². The molecule has 0 bridgehead atoms. The number of hydrogen-bond donors (Lipinski definition) is 1. The first-order valence-electron chi connectivity index (χ1n) is 7.85. The van der Waals surface area contributed by atoms with Gasteiger partial charge in [0.25, 0.3) is 0 Å². The van der Waals surface area contributed by atoms with E-state index in [1.54, 1.807) is 11.8 Å². The van der Waals surface area contributed by atoms with E-state index < -0.39 is 0 Å². The van der Waals surface area contributed by atoms with E-state index in [2.05, 4.69) is 23.8 Å². The molecule has 0 spiro atoms. The van der Waals surface area contributed by atoms with Crippen LogP contribution < -0.4 is 15.4 Å². The van der Waals surface area contributed by atoms with E-state index in [0.29, 0.717) is 11.4 Å². The molecule has 1 aromatic heterocycles. The number of benzene rings is 1. The number of nitrogens with zero attached hydrogens (tertiary/aromatic N) is 3. The fourth-order valence-electron chi connectivity index (χ4n) is 3.19. The van der Waals surface area contributed by atoms with E-state index in [9.17, 15) is 0 Å². The van der Waals surface area contributed by atoms with Crippen molar-refractivity contribution in [3.05, 3.63) is 24.5 Å². The first kappa shape index (κ1) is 15.7. The fraction of sp³-hybridized carbons (Fsp3) is 0.471. The molecule has 1 saturated heterocycles. The zero-order chi connectivity index (χ0) is 16.6. The van der Waals surface area contributed by atoms with Crippen molar-refractivity contribution >= 4 is 11.4 Å². The summed E-state index contributed by atoms with van der Waals surface area (Å²) in [5, 5.41) is 4.28. The quantitative estimate of drug-likeness (QED) is 0.880. The van der Waals surface area contributed by atoms with Crippen molar-refractivity contribution in [3.63, 3.8) is 0 Å². The SMILES string of the molecule is COc1cc(N2CC(C)OC(C)C2)c(-c2cnn(C)c2)cc1N. The number of nitrogen functional groups attached to an aromatic ring is 1. The summed E-state index contributed by atoms with van der Waals surface area (Å²) in [5.41, 5.74) is 9.98. The minimum absolute atomic E-state index is 0.184. The molecule has 1 aromatic carbocycles. The highest BCUT2D eigenvalue weighted by Crippen LogP contribution is 2.39. The minimum Gasteiger partial charge on any atom is -0.495 e. The Morgan fingerprint density at radius 1 is 1.26 bits per heavy atom. The van der Waals surface area contributed by atoms with E-state index in [1.807, 2.05) is 31.6 Å². The number of aromatic nitrogens is 2. The second-order valence-electron chi connectivity index (χ2n) is 6.18. The van der Waals surface area contributed by atoms with Crippen LogP contribution in [0, 0.1) is 0 Å².